The van der Waals surface area contributed by atoms with E-state index in [-0.39, 0.29) is 18.1 Å². The molecule has 0 aliphatic heterocycles. The number of nitriles is 1. The van der Waals surface area contributed by atoms with Crippen LogP contribution in [0.2, 0.25) is 0 Å². The fourth-order valence-corrected chi connectivity index (χ4v) is 1.94. The molecule has 0 saturated carbocycles. The summed E-state index contributed by atoms with van der Waals surface area (Å²) in [6, 6.07) is 8.98. The third kappa shape index (κ3) is 3.51. The van der Waals surface area contributed by atoms with Gasteiger partial charge in [-0.05, 0) is 25.3 Å². The van der Waals surface area contributed by atoms with Gasteiger partial charge in [-0.3, -0.25) is 0 Å². The van der Waals surface area contributed by atoms with Gasteiger partial charge in [-0.25, -0.2) is 9.78 Å². The molecule has 1 N–H and O–H groups in total. The molecule has 0 bridgehead atoms. The number of carbonyl (C=O) groups is 1. The second-order valence-electron chi connectivity index (χ2n) is 4.00. The number of hydrogen-bond acceptors (Lipinski definition) is 8. The third-order valence-corrected chi connectivity index (χ3v) is 3.16. The Kier molecular flexibility index (Phi) is 5.27. The van der Waals surface area contributed by atoms with E-state index in [1.165, 1.54) is 11.8 Å². The number of nitrogens with one attached hydrogen (secondary N) is 1. The lowest BCUT2D eigenvalue weighted by Gasteiger charge is -2.10. The number of esters is 1. The minimum absolute atomic E-state index is 0.0209. The Bertz CT molecular complexity index is 729. The summed E-state index contributed by atoms with van der Waals surface area (Å²) in [7, 11) is 0. The van der Waals surface area contributed by atoms with Crippen molar-refractivity contribution in [2.24, 2.45) is 0 Å². The Balaban J connectivity index is 2.43. The summed E-state index contributed by atoms with van der Waals surface area (Å²) in [6.45, 7) is 1.92. The van der Waals surface area contributed by atoms with Gasteiger partial charge in [-0.15, -0.1) is 10.2 Å². The van der Waals surface area contributed by atoms with Gasteiger partial charge >= 0.3 is 5.97 Å². The largest absolute Gasteiger partial charge is 0.461 e. The third-order valence-electron chi connectivity index (χ3n) is 2.62. The second kappa shape index (κ2) is 7.38. The summed E-state index contributed by atoms with van der Waals surface area (Å²) >= 11 is 1.30. The molecular formula is C14H13N5O2S. The first-order valence-corrected chi connectivity index (χ1v) is 7.64. The molecule has 0 unspecified atom stereocenters. The molecule has 1 aromatic carbocycles. The average Bonchev–Trinajstić information content (AvgIpc) is 2.55. The van der Waals surface area contributed by atoms with Crippen molar-refractivity contribution in [2.75, 3.05) is 18.2 Å². The van der Waals surface area contributed by atoms with Crippen molar-refractivity contribution in [1.82, 2.24) is 15.2 Å². The molecule has 0 aliphatic carbocycles. The number of thioether (sulfide) groups is 1. The van der Waals surface area contributed by atoms with Gasteiger partial charge in [-0.1, -0.05) is 23.9 Å². The zero-order chi connectivity index (χ0) is 15.9. The van der Waals surface area contributed by atoms with E-state index in [4.69, 9.17) is 10.00 Å². The molecule has 0 aliphatic rings. The van der Waals surface area contributed by atoms with Crippen LogP contribution in [-0.4, -0.2) is 34.0 Å². The summed E-state index contributed by atoms with van der Waals surface area (Å²) in [5.74, 6) is -0.410. The van der Waals surface area contributed by atoms with E-state index >= 15 is 0 Å². The predicted octanol–water partition coefficient (Wildman–Crippen LogP) is 2.39. The average molecular weight is 315 g/mol. The Labute approximate surface area is 131 Å². The topological polar surface area (TPSA) is 101 Å². The van der Waals surface area contributed by atoms with E-state index in [1.807, 2.05) is 0 Å². The molecule has 7 nitrogen and oxygen atoms in total. The SMILES string of the molecule is CCOC(=O)c1nnc(SC)nc1Nc1ccccc1C#N. The number of hydrogen-bond donors (Lipinski definition) is 1. The molecule has 0 radical (unpaired) electrons. The van der Waals surface area contributed by atoms with Gasteiger partial charge in [-0.2, -0.15) is 5.26 Å². The molecule has 0 fully saturated rings. The fourth-order valence-electron chi connectivity index (χ4n) is 1.64. The van der Waals surface area contributed by atoms with Crippen LogP contribution >= 0.6 is 11.8 Å². The molecule has 0 amide bonds. The van der Waals surface area contributed by atoms with Crippen LogP contribution in [0.25, 0.3) is 0 Å². The number of anilines is 2. The Morgan fingerprint density at radius 3 is 2.86 bits per heavy atom. The van der Waals surface area contributed by atoms with Gasteiger partial charge in [0.2, 0.25) is 10.9 Å². The molecule has 2 rings (SSSR count). The number of nitrogens with zero attached hydrogens (tertiary/aromatic N) is 4. The molecule has 112 valence electrons. The lowest BCUT2D eigenvalue weighted by molar-refractivity contribution is 0.0518. The predicted molar refractivity (Wildman–Crippen MR) is 82.0 cm³/mol. The van der Waals surface area contributed by atoms with Crippen molar-refractivity contribution in [3.8, 4) is 6.07 Å². The van der Waals surface area contributed by atoms with Gasteiger partial charge < -0.3 is 10.1 Å². The summed E-state index contributed by atoms with van der Waals surface area (Å²) < 4.78 is 4.94. The first kappa shape index (κ1) is 15.7. The normalized spacial score (nSPS) is 9.86. The molecular weight excluding hydrogens is 302 g/mol. The number of benzene rings is 1. The fraction of sp³-hybridized carbons (Fsp3) is 0.214. The maximum atomic E-state index is 11.9. The molecule has 2 aromatic rings. The maximum Gasteiger partial charge on any atom is 0.362 e. The van der Waals surface area contributed by atoms with Gasteiger partial charge in [0.1, 0.15) is 6.07 Å². The first-order valence-electron chi connectivity index (χ1n) is 6.41. The van der Waals surface area contributed by atoms with Crippen LogP contribution in [0.3, 0.4) is 0 Å². The molecule has 0 atom stereocenters. The number of aromatic nitrogens is 3. The quantitative estimate of drug-likeness (QED) is 0.663. The van der Waals surface area contributed by atoms with Crippen LogP contribution in [0.15, 0.2) is 29.4 Å². The highest BCUT2D eigenvalue weighted by atomic mass is 32.2. The molecule has 0 spiro atoms. The zero-order valence-corrected chi connectivity index (χ0v) is 12.8. The van der Waals surface area contributed by atoms with E-state index < -0.39 is 5.97 Å². The van der Waals surface area contributed by atoms with Crippen molar-refractivity contribution >= 4 is 29.2 Å². The summed E-state index contributed by atoms with van der Waals surface area (Å²) in [5, 5.41) is 20.2. The smallest absolute Gasteiger partial charge is 0.362 e. The molecule has 8 heteroatoms. The van der Waals surface area contributed by atoms with E-state index in [1.54, 1.807) is 37.4 Å². The van der Waals surface area contributed by atoms with Crippen molar-refractivity contribution in [2.45, 2.75) is 12.1 Å². The molecule has 0 saturated heterocycles. The monoisotopic (exact) mass is 315 g/mol. The molecule has 1 aromatic heterocycles. The number of rotatable bonds is 5. The Morgan fingerprint density at radius 1 is 1.41 bits per heavy atom. The van der Waals surface area contributed by atoms with Gasteiger partial charge in [0.05, 0.1) is 17.9 Å². The van der Waals surface area contributed by atoms with Crippen LogP contribution in [0.5, 0.6) is 0 Å². The highest BCUT2D eigenvalue weighted by Crippen LogP contribution is 2.22. The number of para-hydroxylation sites is 1. The first-order chi connectivity index (χ1) is 10.7. The van der Waals surface area contributed by atoms with Crippen LogP contribution < -0.4 is 5.32 Å². The van der Waals surface area contributed by atoms with Crippen molar-refractivity contribution in [3.05, 3.63) is 35.5 Å². The van der Waals surface area contributed by atoms with Gasteiger partial charge in [0.15, 0.2) is 5.82 Å². The molecule has 22 heavy (non-hydrogen) atoms. The van der Waals surface area contributed by atoms with Crippen molar-refractivity contribution in [3.63, 3.8) is 0 Å². The highest BCUT2D eigenvalue weighted by Gasteiger charge is 2.19. The lowest BCUT2D eigenvalue weighted by Crippen LogP contribution is -2.14. The number of ether oxygens (including phenoxy) is 1. The van der Waals surface area contributed by atoms with Crippen LogP contribution in [0.4, 0.5) is 11.5 Å². The van der Waals surface area contributed by atoms with E-state index in [2.05, 4.69) is 26.6 Å². The van der Waals surface area contributed by atoms with Gasteiger partial charge in [0, 0.05) is 0 Å². The highest BCUT2D eigenvalue weighted by molar-refractivity contribution is 7.98. The van der Waals surface area contributed by atoms with E-state index in [0.717, 1.165) is 0 Å². The Hall–Kier alpha value is -2.66. The number of carbonyl (C=O) groups excluding carboxylic acids is 1. The Morgan fingerprint density at radius 2 is 2.18 bits per heavy atom. The van der Waals surface area contributed by atoms with Crippen LogP contribution in [0, 0.1) is 11.3 Å². The minimum atomic E-state index is -0.618. The van der Waals surface area contributed by atoms with Crippen molar-refractivity contribution in [1.29, 1.82) is 5.26 Å². The van der Waals surface area contributed by atoms with Gasteiger partial charge in [0.25, 0.3) is 0 Å². The molecule has 1 heterocycles. The standard InChI is InChI=1S/C14H13N5O2S/c1-3-21-13(20)11-12(17-14(22-2)19-18-11)16-10-7-5-4-6-9(10)8-15/h4-7H,3H2,1-2H3,(H,16,17,19). The lowest BCUT2D eigenvalue weighted by atomic mass is 10.2. The van der Waals surface area contributed by atoms with E-state index in [9.17, 15) is 4.79 Å². The maximum absolute atomic E-state index is 11.9. The summed E-state index contributed by atoms with van der Waals surface area (Å²) in [6.07, 6.45) is 1.80. The summed E-state index contributed by atoms with van der Waals surface area (Å²) in [4.78, 5) is 16.2. The zero-order valence-electron chi connectivity index (χ0n) is 12.0. The second-order valence-corrected chi connectivity index (χ2v) is 4.77. The summed E-state index contributed by atoms with van der Waals surface area (Å²) in [5.41, 5.74) is 0.942. The van der Waals surface area contributed by atoms with Crippen molar-refractivity contribution < 1.29 is 9.53 Å². The van der Waals surface area contributed by atoms with E-state index in [0.29, 0.717) is 16.4 Å². The van der Waals surface area contributed by atoms with Crippen LogP contribution in [-0.2, 0) is 4.74 Å². The van der Waals surface area contributed by atoms with Crippen LogP contribution in [0.1, 0.15) is 23.0 Å². The minimum Gasteiger partial charge on any atom is -0.461 e.